The van der Waals surface area contributed by atoms with Crippen LogP contribution < -0.4 is 9.47 Å². The lowest BCUT2D eigenvalue weighted by Gasteiger charge is -2.28. The van der Waals surface area contributed by atoms with Crippen molar-refractivity contribution in [2.24, 2.45) is 0 Å². The molecule has 0 bridgehead atoms. The first-order chi connectivity index (χ1) is 12.9. The maximum Gasteiger partial charge on any atom is 0.123 e. The zero-order chi connectivity index (χ0) is 19.9. The molecule has 0 aromatic heterocycles. The van der Waals surface area contributed by atoms with E-state index in [2.05, 4.69) is 13.8 Å². The fourth-order valence-electron chi connectivity index (χ4n) is 2.71. The molecule has 6 heteroatoms. The van der Waals surface area contributed by atoms with Crippen molar-refractivity contribution in [1.29, 1.82) is 0 Å². The summed E-state index contributed by atoms with van der Waals surface area (Å²) in [6.07, 6.45) is -1.61. The fourth-order valence-corrected chi connectivity index (χ4v) is 2.80. The maximum atomic E-state index is 9.66. The number of alkyl halides is 1. The van der Waals surface area contributed by atoms with Gasteiger partial charge in [-0.05, 0) is 23.8 Å². The van der Waals surface area contributed by atoms with Gasteiger partial charge < -0.3 is 24.8 Å². The van der Waals surface area contributed by atoms with E-state index in [9.17, 15) is 10.2 Å². The number of aliphatic hydroxyl groups excluding tert-OH is 3. The predicted octanol–water partition coefficient (Wildman–Crippen LogP) is 2.72. The molecule has 0 aliphatic rings. The Bertz CT molecular complexity index is 702. The number of benzene rings is 2. The van der Waals surface area contributed by atoms with Crippen LogP contribution in [0.15, 0.2) is 48.5 Å². The number of aliphatic hydroxyl groups is 3. The average molecular weight is 395 g/mol. The molecule has 5 nitrogen and oxygen atoms in total. The van der Waals surface area contributed by atoms with E-state index in [1.807, 2.05) is 48.5 Å². The first-order valence-electron chi connectivity index (χ1n) is 8.87. The van der Waals surface area contributed by atoms with Gasteiger partial charge in [0.2, 0.25) is 0 Å². The summed E-state index contributed by atoms with van der Waals surface area (Å²) in [5.74, 6) is 1.45. The molecule has 0 amide bonds. The van der Waals surface area contributed by atoms with Crippen LogP contribution in [0.1, 0.15) is 25.0 Å². The molecule has 0 saturated carbocycles. The number of rotatable bonds is 10. The first-order valence-corrected chi connectivity index (χ1v) is 9.40. The number of hydrogen-bond donors (Lipinski definition) is 3. The zero-order valence-corrected chi connectivity index (χ0v) is 16.4. The van der Waals surface area contributed by atoms with E-state index in [0.717, 1.165) is 11.1 Å². The van der Waals surface area contributed by atoms with Gasteiger partial charge in [-0.25, -0.2) is 0 Å². The molecule has 2 aromatic rings. The molecule has 2 aromatic carbocycles. The Balaban J connectivity index is 2.18. The summed E-state index contributed by atoms with van der Waals surface area (Å²) < 4.78 is 11.2. The molecule has 0 radical (unpaired) electrons. The second-order valence-electron chi connectivity index (χ2n) is 6.91. The number of halogens is 1. The van der Waals surface area contributed by atoms with Crippen molar-refractivity contribution in [3.63, 3.8) is 0 Å². The third-order valence-electron chi connectivity index (χ3n) is 4.40. The lowest BCUT2D eigenvalue weighted by molar-refractivity contribution is 0.0536. The summed E-state index contributed by atoms with van der Waals surface area (Å²) in [6, 6.07) is 15.3. The molecule has 2 rings (SSSR count). The Kier molecular flexibility index (Phi) is 7.92. The highest BCUT2D eigenvalue weighted by atomic mass is 35.5. The van der Waals surface area contributed by atoms with E-state index in [-0.39, 0.29) is 31.1 Å². The van der Waals surface area contributed by atoms with Gasteiger partial charge in [-0.1, -0.05) is 44.2 Å². The average Bonchev–Trinajstić information content (AvgIpc) is 2.70. The molecular formula is C21H27ClO5. The van der Waals surface area contributed by atoms with Crippen LogP contribution in [0.4, 0.5) is 0 Å². The largest absolute Gasteiger partial charge is 0.491 e. The molecule has 148 valence electrons. The fraction of sp³-hybridized carbons (Fsp3) is 0.429. The van der Waals surface area contributed by atoms with E-state index in [0.29, 0.717) is 11.5 Å². The Labute approximate surface area is 165 Å². The quantitative estimate of drug-likeness (QED) is 0.540. The Hall–Kier alpha value is -1.79. The second kappa shape index (κ2) is 9.95. The number of hydrogen-bond acceptors (Lipinski definition) is 5. The molecule has 2 unspecified atom stereocenters. The van der Waals surface area contributed by atoms with Gasteiger partial charge in [-0.3, -0.25) is 0 Å². The van der Waals surface area contributed by atoms with E-state index >= 15 is 0 Å². The SMILES string of the molecule is CC(C)(c1ccc(OCC(O)CO)cc1)c1ccccc1OCC(O)CCl. The Morgan fingerprint density at radius 3 is 2.19 bits per heavy atom. The molecule has 0 saturated heterocycles. The van der Waals surface area contributed by atoms with Crippen molar-refractivity contribution in [1.82, 2.24) is 0 Å². The highest BCUT2D eigenvalue weighted by Crippen LogP contribution is 2.37. The second-order valence-corrected chi connectivity index (χ2v) is 7.22. The minimum absolute atomic E-state index is 0.0405. The highest BCUT2D eigenvalue weighted by molar-refractivity contribution is 6.18. The Morgan fingerprint density at radius 1 is 0.926 bits per heavy atom. The summed E-state index contributed by atoms with van der Waals surface area (Å²) in [5, 5.41) is 27.9. The molecule has 0 heterocycles. The van der Waals surface area contributed by atoms with Crippen LogP contribution in [0.5, 0.6) is 11.5 Å². The zero-order valence-electron chi connectivity index (χ0n) is 15.6. The van der Waals surface area contributed by atoms with Gasteiger partial charge in [0, 0.05) is 11.0 Å². The standard InChI is InChI=1S/C21H27ClO5/c1-21(2,15-7-9-18(10-8-15)26-14-17(25)12-23)19-5-3-4-6-20(19)27-13-16(24)11-22/h3-10,16-17,23-25H,11-14H2,1-2H3. The van der Waals surface area contributed by atoms with Gasteiger partial charge in [0.05, 0.1) is 12.5 Å². The minimum Gasteiger partial charge on any atom is -0.491 e. The van der Waals surface area contributed by atoms with Crippen LogP contribution in [0.3, 0.4) is 0 Å². The Morgan fingerprint density at radius 2 is 1.56 bits per heavy atom. The topological polar surface area (TPSA) is 79.2 Å². The van der Waals surface area contributed by atoms with Crippen LogP contribution in [0.2, 0.25) is 0 Å². The van der Waals surface area contributed by atoms with E-state index < -0.39 is 12.2 Å². The van der Waals surface area contributed by atoms with Gasteiger partial charge in [-0.2, -0.15) is 0 Å². The van der Waals surface area contributed by atoms with Gasteiger partial charge >= 0.3 is 0 Å². The van der Waals surface area contributed by atoms with Gasteiger partial charge in [0.15, 0.2) is 0 Å². The normalized spacial score (nSPS) is 13.9. The monoisotopic (exact) mass is 394 g/mol. The summed E-state index contributed by atoms with van der Waals surface area (Å²) in [7, 11) is 0. The molecule has 0 spiro atoms. The molecule has 3 N–H and O–H groups in total. The predicted molar refractivity (Wildman–Crippen MR) is 106 cm³/mol. The molecule has 27 heavy (non-hydrogen) atoms. The summed E-state index contributed by atoms with van der Waals surface area (Å²) in [4.78, 5) is 0. The van der Waals surface area contributed by atoms with Crippen LogP contribution in [-0.4, -0.2) is 53.2 Å². The van der Waals surface area contributed by atoms with E-state index in [4.69, 9.17) is 26.2 Å². The smallest absolute Gasteiger partial charge is 0.123 e. The van der Waals surface area contributed by atoms with Crippen molar-refractivity contribution in [2.45, 2.75) is 31.5 Å². The van der Waals surface area contributed by atoms with E-state index in [1.165, 1.54) is 0 Å². The van der Waals surface area contributed by atoms with Crippen molar-refractivity contribution < 1.29 is 24.8 Å². The van der Waals surface area contributed by atoms with Gasteiger partial charge in [0.25, 0.3) is 0 Å². The van der Waals surface area contributed by atoms with E-state index in [1.54, 1.807) is 0 Å². The van der Waals surface area contributed by atoms with Crippen LogP contribution in [-0.2, 0) is 5.41 Å². The van der Waals surface area contributed by atoms with Crippen molar-refractivity contribution >= 4 is 11.6 Å². The first kappa shape index (κ1) is 21.5. The maximum absolute atomic E-state index is 9.66. The molecule has 0 aliphatic heterocycles. The number of para-hydroxylation sites is 1. The van der Waals surface area contributed by atoms with Gasteiger partial charge in [0.1, 0.15) is 36.9 Å². The molecule has 2 atom stereocenters. The summed E-state index contributed by atoms with van der Waals surface area (Å²) >= 11 is 5.64. The summed E-state index contributed by atoms with van der Waals surface area (Å²) in [6.45, 7) is 4.03. The third-order valence-corrected chi connectivity index (χ3v) is 4.76. The lowest BCUT2D eigenvalue weighted by atomic mass is 9.77. The van der Waals surface area contributed by atoms with Crippen molar-refractivity contribution in [3.8, 4) is 11.5 Å². The van der Waals surface area contributed by atoms with Crippen LogP contribution in [0, 0.1) is 0 Å². The van der Waals surface area contributed by atoms with Gasteiger partial charge in [-0.15, -0.1) is 11.6 Å². The molecule has 0 aliphatic carbocycles. The molecule has 0 fully saturated rings. The van der Waals surface area contributed by atoms with Crippen molar-refractivity contribution in [2.75, 3.05) is 25.7 Å². The number of ether oxygens (including phenoxy) is 2. The summed E-state index contributed by atoms with van der Waals surface area (Å²) in [5.41, 5.74) is 1.72. The lowest BCUT2D eigenvalue weighted by Crippen LogP contribution is -2.23. The van der Waals surface area contributed by atoms with Crippen LogP contribution >= 0.6 is 11.6 Å². The van der Waals surface area contributed by atoms with Crippen molar-refractivity contribution in [3.05, 3.63) is 59.7 Å². The third kappa shape index (κ3) is 5.84. The molecular weight excluding hydrogens is 368 g/mol. The highest BCUT2D eigenvalue weighted by Gasteiger charge is 2.27. The minimum atomic E-state index is -0.895. The van der Waals surface area contributed by atoms with Crippen LogP contribution in [0.25, 0.3) is 0 Å².